The third-order valence-corrected chi connectivity index (χ3v) is 2.55. The molecular formula is C12H15F2N3O3. The van der Waals surface area contributed by atoms with Gasteiger partial charge in [-0.1, -0.05) is 17.3 Å². The summed E-state index contributed by atoms with van der Waals surface area (Å²) in [5.41, 5.74) is 5.94. The van der Waals surface area contributed by atoms with Gasteiger partial charge in [0.15, 0.2) is 5.84 Å². The van der Waals surface area contributed by atoms with Gasteiger partial charge < -0.3 is 20.9 Å². The van der Waals surface area contributed by atoms with E-state index in [-0.39, 0.29) is 17.9 Å². The molecule has 1 rings (SSSR count). The van der Waals surface area contributed by atoms with Crippen molar-refractivity contribution in [1.29, 1.82) is 0 Å². The van der Waals surface area contributed by atoms with Gasteiger partial charge in [-0.25, -0.2) is 8.78 Å². The monoisotopic (exact) mass is 287 g/mol. The van der Waals surface area contributed by atoms with E-state index >= 15 is 0 Å². The molecule has 0 unspecified atom stereocenters. The number of hydrogen-bond donors (Lipinski definition) is 3. The van der Waals surface area contributed by atoms with Gasteiger partial charge in [0.1, 0.15) is 0 Å². The van der Waals surface area contributed by atoms with Crippen molar-refractivity contribution < 1.29 is 23.9 Å². The van der Waals surface area contributed by atoms with Crippen LogP contribution in [0.4, 0.5) is 8.78 Å². The first-order valence-corrected chi connectivity index (χ1v) is 5.75. The maximum atomic E-state index is 12.4. The predicted molar refractivity (Wildman–Crippen MR) is 67.9 cm³/mol. The van der Waals surface area contributed by atoms with Gasteiger partial charge >= 0.3 is 0 Å². The van der Waals surface area contributed by atoms with Crippen LogP contribution in [0.25, 0.3) is 0 Å². The number of halogens is 2. The fourth-order valence-electron chi connectivity index (χ4n) is 1.59. The topological polar surface area (TPSA) is 99.2 Å². The van der Waals surface area contributed by atoms with Crippen molar-refractivity contribution in [3.8, 4) is 0 Å². The second-order valence-electron chi connectivity index (χ2n) is 3.93. The lowest BCUT2D eigenvalue weighted by molar-refractivity contribution is 0.0509. The Kier molecular flexibility index (Phi) is 5.85. The zero-order valence-corrected chi connectivity index (χ0v) is 10.5. The third kappa shape index (κ3) is 4.16. The number of alkyl halides is 2. The van der Waals surface area contributed by atoms with Gasteiger partial charge in [0.25, 0.3) is 12.3 Å². The number of amides is 1. The summed E-state index contributed by atoms with van der Waals surface area (Å²) in [5, 5.41) is 20.1. The molecule has 6 nitrogen and oxygen atoms in total. The second-order valence-corrected chi connectivity index (χ2v) is 3.93. The molecule has 1 amide bonds. The number of carbonyl (C=O) groups excluding carboxylic acids is 1. The summed E-state index contributed by atoms with van der Waals surface area (Å²) in [5.74, 6) is -0.741. The molecule has 0 bridgehead atoms. The van der Waals surface area contributed by atoms with Crippen LogP contribution in [0.2, 0.25) is 0 Å². The van der Waals surface area contributed by atoms with Crippen LogP contribution < -0.4 is 5.73 Å². The van der Waals surface area contributed by atoms with Crippen LogP contribution in [0.1, 0.15) is 15.9 Å². The number of nitrogens with zero attached hydrogens (tertiary/aromatic N) is 2. The van der Waals surface area contributed by atoms with Crippen molar-refractivity contribution in [1.82, 2.24) is 4.90 Å². The smallest absolute Gasteiger partial charge is 0.255 e. The van der Waals surface area contributed by atoms with Crippen molar-refractivity contribution in [2.75, 3.05) is 19.7 Å². The minimum Gasteiger partial charge on any atom is -0.409 e. The molecule has 0 aliphatic heterocycles. The molecule has 1 aromatic carbocycles. The molecule has 0 aliphatic rings. The lowest BCUT2D eigenvalue weighted by atomic mass is 10.1. The normalized spacial score (nSPS) is 11.7. The molecule has 0 saturated carbocycles. The molecular weight excluding hydrogens is 272 g/mol. The Hall–Kier alpha value is -2.22. The van der Waals surface area contributed by atoms with Crippen LogP contribution in [0.3, 0.4) is 0 Å². The van der Waals surface area contributed by atoms with E-state index in [4.69, 9.17) is 16.0 Å². The van der Waals surface area contributed by atoms with Crippen molar-refractivity contribution in [2.45, 2.75) is 6.43 Å². The van der Waals surface area contributed by atoms with E-state index in [0.29, 0.717) is 5.56 Å². The predicted octanol–water partition coefficient (Wildman–Crippen LogP) is 0.481. The number of oxime groups is 1. The number of amidine groups is 1. The van der Waals surface area contributed by atoms with Crippen molar-refractivity contribution in [3.05, 3.63) is 35.4 Å². The summed E-state index contributed by atoms with van der Waals surface area (Å²) >= 11 is 0. The molecule has 8 heteroatoms. The van der Waals surface area contributed by atoms with E-state index in [1.807, 2.05) is 0 Å². The van der Waals surface area contributed by atoms with E-state index in [9.17, 15) is 13.6 Å². The fraction of sp³-hybridized carbons (Fsp3) is 0.333. The highest BCUT2D eigenvalue weighted by molar-refractivity contribution is 5.99. The maximum absolute atomic E-state index is 12.4. The zero-order chi connectivity index (χ0) is 15.1. The van der Waals surface area contributed by atoms with Gasteiger partial charge in [-0.3, -0.25) is 4.79 Å². The van der Waals surface area contributed by atoms with Crippen LogP contribution in [-0.4, -0.2) is 53.1 Å². The number of benzene rings is 1. The van der Waals surface area contributed by atoms with E-state index in [1.54, 1.807) is 0 Å². The molecule has 110 valence electrons. The molecule has 0 saturated heterocycles. The van der Waals surface area contributed by atoms with E-state index in [0.717, 1.165) is 4.90 Å². The Morgan fingerprint density at radius 3 is 2.30 bits per heavy atom. The SMILES string of the molecule is N/C(=N/O)c1ccc(C(=O)N(CCO)CC(F)F)cc1. The largest absolute Gasteiger partial charge is 0.409 e. The molecule has 20 heavy (non-hydrogen) atoms. The van der Waals surface area contributed by atoms with Crippen LogP contribution in [0.15, 0.2) is 29.4 Å². The van der Waals surface area contributed by atoms with E-state index in [2.05, 4.69) is 5.16 Å². The number of carbonyl (C=O) groups is 1. The standard InChI is InChI=1S/C12H15F2N3O3/c13-10(14)7-17(5-6-18)12(19)9-3-1-8(2-4-9)11(15)16-20/h1-4,10,18,20H,5-7H2,(H2,15,16). The average Bonchev–Trinajstić information content (AvgIpc) is 2.45. The number of aliphatic hydroxyl groups is 1. The first-order valence-electron chi connectivity index (χ1n) is 5.75. The molecule has 0 radical (unpaired) electrons. The Morgan fingerprint density at radius 2 is 1.85 bits per heavy atom. The molecule has 0 atom stereocenters. The fourth-order valence-corrected chi connectivity index (χ4v) is 1.59. The highest BCUT2D eigenvalue weighted by Gasteiger charge is 2.19. The number of rotatable bonds is 6. The molecule has 4 N–H and O–H groups in total. The second kappa shape index (κ2) is 7.39. The Balaban J connectivity index is 2.89. The van der Waals surface area contributed by atoms with E-state index < -0.39 is 25.5 Å². The van der Waals surface area contributed by atoms with Gasteiger partial charge in [0.2, 0.25) is 0 Å². The average molecular weight is 287 g/mol. The van der Waals surface area contributed by atoms with Crippen LogP contribution >= 0.6 is 0 Å². The highest BCUT2D eigenvalue weighted by atomic mass is 19.3. The van der Waals surface area contributed by atoms with Gasteiger partial charge in [0, 0.05) is 17.7 Å². The summed E-state index contributed by atoms with van der Waals surface area (Å²) in [7, 11) is 0. The van der Waals surface area contributed by atoms with Gasteiger partial charge in [0.05, 0.1) is 13.2 Å². The summed E-state index contributed by atoms with van der Waals surface area (Å²) < 4.78 is 24.7. The van der Waals surface area contributed by atoms with Crippen LogP contribution in [0, 0.1) is 0 Å². The van der Waals surface area contributed by atoms with Gasteiger partial charge in [-0.2, -0.15) is 0 Å². The van der Waals surface area contributed by atoms with Crippen LogP contribution in [-0.2, 0) is 0 Å². The molecule has 0 fully saturated rings. The summed E-state index contributed by atoms with van der Waals surface area (Å²) in [6.45, 7) is -1.33. The first-order chi connectivity index (χ1) is 9.49. The maximum Gasteiger partial charge on any atom is 0.255 e. The Bertz CT molecular complexity index is 477. The summed E-state index contributed by atoms with van der Waals surface area (Å²) in [6.07, 6.45) is -2.68. The Labute approximate surface area is 114 Å². The molecule has 0 aromatic heterocycles. The van der Waals surface area contributed by atoms with Crippen molar-refractivity contribution >= 4 is 11.7 Å². The van der Waals surface area contributed by atoms with Crippen LogP contribution in [0.5, 0.6) is 0 Å². The quantitative estimate of drug-likeness (QED) is 0.307. The zero-order valence-electron chi connectivity index (χ0n) is 10.5. The van der Waals surface area contributed by atoms with Crippen molar-refractivity contribution in [2.24, 2.45) is 10.9 Å². The lowest BCUT2D eigenvalue weighted by Crippen LogP contribution is -2.37. The summed E-state index contributed by atoms with van der Waals surface area (Å²) in [6, 6.07) is 5.63. The van der Waals surface area contributed by atoms with Crippen molar-refractivity contribution in [3.63, 3.8) is 0 Å². The molecule has 0 heterocycles. The third-order valence-electron chi connectivity index (χ3n) is 2.55. The lowest BCUT2D eigenvalue weighted by Gasteiger charge is -2.21. The van der Waals surface area contributed by atoms with E-state index in [1.165, 1.54) is 24.3 Å². The number of aliphatic hydroxyl groups excluding tert-OH is 1. The molecule has 0 aliphatic carbocycles. The minimum absolute atomic E-state index is 0.121. The number of nitrogens with two attached hydrogens (primary N) is 1. The number of hydrogen-bond acceptors (Lipinski definition) is 4. The highest BCUT2D eigenvalue weighted by Crippen LogP contribution is 2.09. The molecule has 1 aromatic rings. The minimum atomic E-state index is -2.68. The first kappa shape index (κ1) is 15.8. The molecule has 0 spiro atoms. The Morgan fingerprint density at radius 1 is 1.30 bits per heavy atom. The van der Waals surface area contributed by atoms with Gasteiger partial charge in [-0.15, -0.1) is 0 Å². The van der Waals surface area contributed by atoms with Gasteiger partial charge in [-0.05, 0) is 12.1 Å². The summed E-state index contributed by atoms with van der Waals surface area (Å²) in [4.78, 5) is 12.9.